The van der Waals surface area contributed by atoms with Crippen molar-refractivity contribution in [3.05, 3.63) is 95.5 Å². The number of hydrogen-bond donors (Lipinski definition) is 0. The predicted molar refractivity (Wildman–Crippen MR) is 119 cm³/mol. The van der Waals surface area contributed by atoms with E-state index in [4.69, 9.17) is 11.6 Å². The summed E-state index contributed by atoms with van der Waals surface area (Å²) in [7, 11) is 0. The number of fused-ring (bicyclic) bond motifs is 1. The van der Waals surface area contributed by atoms with Crippen LogP contribution in [0.5, 0.6) is 0 Å². The molecule has 0 aliphatic rings. The first-order chi connectivity index (χ1) is 13.0. The molecule has 0 unspecified atom stereocenters. The van der Waals surface area contributed by atoms with Crippen LogP contribution in [0.2, 0.25) is 5.02 Å². The van der Waals surface area contributed by atoms with Crippen molar-refractivity contribution < 1.29 is 0 Å². The first-order valence-corrected chi connectivity index (χ1v) is 9.71. The average molecular weight is 371 g/mol. The molecule has 0 amide bonds. The highest BCUT2D eigenvalue weighted by molar-refractivity contribution is 6.33. The molecule has 0 atom stereocenters. The monoisotopic (exact) mass is 370 g/mol. The molecule has 0 saturated carbocycles. The molecule has 0 nitrogen and oxygen atoms in total. The highest BCUT2D eigenvalue weighted by Gasteiger charge is 2.23. The Morgan fingerprint density at radius 3 is 1.89 bits per heavy atom. The van der Waals surface area contributed by atoms with Gasteiger partial charge in [-0.15, -0.1) is 0 Å². The maximum atomic E-state index is 6.58. The van der Waals surface area contributed by atoms with Crippen LogP contribution < -0.4 is 0 Å². The quantitative estimate of drug-likeness (QED) is 0.334. The van der Waals surface area contributed by atoms with E-state index < -0.39 is 0 Å². The van der Waals surface area contributed by atoms with Crippen molar-refractivity contribution >= 4 is 22.4 Å². The molecule has 1 heteroatoms. The van der Waals surface area contributed by atoms with Gasteiger partial charge in [0.1, 0.15) is 0 Å². The molecule has 4 aromatic carbocycles. The van der Waals surface area contributed by atoms with Crippen molar-refractivity contribution in [3.63, 3.8) is 0 Å². The Kier molecular flexibility index (Phi) is 4.53. The predicted octanol–water partition coefficient (Wildman–Crippen LogP) is 8.12. The van der Waals surface area contributed by atoms with Crippen LogP contribution in [-0.2, 0) is 5.41 Å². The summed E-state index contributed by atoms with van der Waals surface area (Å²) in [4.78, 5) is 0. The Hall–Kier alpha value is -2.57. The summed E-state index contributed by atoms with van der Waals surface area (Å²) in [6, 6.07) is 29.8. The van der Waals surface area contributed by atoms with Crippen LogP contribution in [0.1, 0.15) is 26.3 Å². The summed E-state index contributed by atoms with van der Waals surface area (Å²) in [5.74, 6) is 0. The third-order valence-electron chi connectivity index (χ3n) is 5.08. The number of halogens is 1. The van der Waals surface area contributed by atoms with Gasteiger partial charge in [0.2, 0.25) is 0 Å². The van der Waals surface area contributed by atoms with Crippen molar-refractivity contribution in [1.29, 1.82) is 0 Å². The van der Waals surface area contributed by atoms with Crippen molar-refractivity contribution in [2.24, 2.45) is 0 Å². The van der Waals surface area contributed by atoms with E-state index in [-0.39, 0.29) is 5.41 Å². The van der Waals surface area contributed by atoms with Gasteiger partial charge >= 0.3 is 0 Å². The summed E-state index contributed by atoms with van der Waals surface area (Å²) in [6.07, 6.45) is 0. The lowest BCUT2D eigenvalue weighted by molar-refractivity contribution is 0.593. The fraction of sp³-hybridized carbons (Fsp3) is 0.154. The molecule has 0 radical (unpaired) electrons. The average Bonchev–Trinajstić information content (AvgIpc) is 2.67. The van der Waals surface area contributed by atoms with Crippen molar-refractivity contribution in [2.75, 3.05) is 0 Å². The fourth-order valence-electron chi connectivity index (χ4n) is 3.79. The van der Waals surface area contributed by atoms with Gasteiger partial charge in [0.05, 0.1) is 0 Å². The Bertz CT molecular complexity index is 1100. The zero-order valence-corrected chi connectivity index (χ0v) is 16.7. The van der Waals surface area contributed by atoms with Crippen LogP contribution in [0.3, 0.4) is 0 Å². The molecule has 0 aromatic heterocycles. The van der Waals surface area contributed by atoms with Crippen molar-refractivity contribution in [3.8, 4) is 22.3 Å². The van der Waals surface area contributed by atoms with Crippen LogP contribution in [0.15, 0.2) is 84.9 Å². The number of rotatable bonds is 2. The van der Waals surface area contributed by atoms with Gasteiger partial charge in [-0.1, -0.05) is 105 Å². The van der Waals surface area contributed by atoms with Gasteiger partial charge in [-0.05, 0) is 50.6 Å². The molecule has 0 saturated heterocycles. The molecule has 0 aliphatic carbocycles. The second kappa shape index (κ2) is 6.87. The summed E-state index contributed by atoms with van der Waals surface area (Å²) in [6.45, 7) is 6.83. The van der Waals surface area contributed by atoms with E-state index >= 15 is 0 Å². The molecule has 0 aliphatic heterocycles. The SMILES string of the molecule is CC(C)(C)c1cc(-c2ccccc2Cl)c2ccccc2c1-c1ccccc1. The Balaban J connectivity index is 2.17. The second-order valence-corrected chi connectivity index (χ2v) is 8.40. The number of hydrogen-bond acceptors (Lipinski definition) is 0. The van der Waals surface area contributed by atoms with Crippen molar-refractivity contribution in [1.82, 2.24) is 0 Å². The van der Waals surface area contributed by atoms with Crippen molar-refractivity contribution in [2.45, 2.75) is 26.2 Å². The third-order valence-corrected chi connectivity index (χ3v) is 5.41. The highest BCUT2D eigenvalue weighted by atomic mass is 35.5. The van der Waals surface area contributed by atoms with E-state index in [1.165, 1.54) is 33.0 Å². The maximum absolute atomic E-state index is 6.58. The van der Waals surface area contributed by atoms with Crippen LogP contribution in [-0.4, -0.2) is 0 Å². The van der Waals surface area contributed by atoms with Gasteiger partial charge in [0.25, 0.3) is 0 Å². The smallest absolute Gasteiger partial charge is 0.0484 e. The molecule has 0 spiro atoms. The lowest BCUT2D eigenvalue weighted by Gasteiger charge is -2.27. The van der Waals surface area contributed by atoms with E-state index in [0.717, 1.165) is 10.6 Å². The molecule has 4 aromatic rings. The molecule has 4 rings (SSSR count). The first kappa shape index (κ1) is 17.8. The minimum absolute atomic E-state index is 0.00517. The third kappa shape index (κ3) is 3.26. The minimum Gasteiger partial charge on any atom is -0.0837 e. The van der Waals surface area contributed by atoms with Gasteiger partial charge in [0.15, 0.2) is 0 Å². The topological polar surface area (TPSA) is 0 Å². The van der Waals surface area contributed by atoms with Crippen LogP contribution in [0.4, 0.5) is 0 Å². The van der Waals surface area contributed by atoms with Gasteiger partial charge in [0, 0.05) is 10.6 Å². The van der Waals surface area contributed by atoms with Gasteiger partial charge < -0.3 is 0 Å². The first-order valence-electron chi connectivity index (χ1n) is 9.33. The van der Waals surface area contributed by atoms with E-state index in [0.29, 0.717) is 0 Å². The molecule has 0 heterocycles. The Morgan fingerprint density at radius 1 is 0.630 bits per heavy atom. The molecule has 0 N–H and O–H groups in total. The second-order valence-electron chi connectivity index (χ2n) is 7.99. The van der Waals surface area contributed by atoms with Gasteiger partial charge in [-0.2, -0.15) is 0 Å². The maximum Gasteiger partial charge on any atom is 0.0484 e. The Labute approximate surface area is 166 Å². The molecule has 27 heavy (non-hydrogen) atoms. The lowest BCUT2D eigenvalue weighted by Crippen LogP contribution is -2.13. The van der Waals surface area contributed by atoms with E-state index in [1.807, 2.05) is 12.1 Å². The molecular formula is C26H23Cl. The number of benzene rings is 4. The van der Waals surface area contributed by atoms with Crippen LogP contribution in [0, 0.1) is 0 Å². The zero-order valence-electron chi connectivity index (χ0n) is 16.0. The highest BCUT2D eigenvalue weighted by Crippen LogP contribution is 2.44. The zero-order chi connectivity index (χ0) is 19.0. The normalized spacial score (nSPS) is 11.7. The lowest BCUT2D eigenvalue weighted by atomic mass is 9.77. The molecule has 134 valence electrons. The summed E-state index contributed by atoms with van der Waals surface area (Å²) in [5.41, 5.74) is 6.19. The van der Waals surface area contributed by atoms with E-state index in [9.17, 15) is 0 Å². The summed E-state index contributed by atoms with van der Waals surface area (Å²) in [5, 5.41) is 3.29. The molecule has 0 bridgehead atoms. The van der Waals surface area contributed by atoms with Gasteiger partial charge in [-0.25, -0.2) is 0 Å². The Morgan fingerprint density at radius 2 is 1.22 bits per heavy atom. The molecule has 0 fully saturated rings. The fourth-order valence-corrected chi connectivity index (χ4v) is 4.02. The van der Waals surface area contributed by atoms with Gasteiger partial charge in [-0.3, -0.25) is 0 Å². The van der Waals surface area contributed by atoms with E-state index in [2.05, 4.69) is 93.6 Å². The largest absolute Gasteiger partial charge is 0.0837 e. The van der Waals surface area contributed by atoms with Crippen LogP contribution >= 0.6 is 11.6 Å². The summed E-state index contributed by atoms with van der Waals surface area (Å²) < 4.78 is 0. The summed E-state index contributed by atoms with van der Waals surface area (Å²) >= 11 is 6.58. The van der Waals surface area contributed by atoms with Crippen LogP contribution in [0.25, 0.3) is 33.0 Å². The molecular weight excluding hydrogens is 348 g/mol. The van der Waals surface area contributed by atoms with E-state index in [1.54, 1.807) is 0 Å². The minimum atomic E-state index is 0.00517. The standard InChI is InChI=1S/C26H23Cl/c1-26(2,3)23-17-22(20-14-9-10-16-24(20)27)19-13-7-8-15-21(19)25(23)18-11-5-4-6-12-18/h4-17H,1-3H3.